The second-order valence-electron chi connectivity index (χ2n) is 7.74. The fraction of sp³-hybridized carbons (Fsp3) is 0.550. The van der Waals surface area contributed by atoms with Crippen LogP contribution in [-0.4, -0.2) is 44.8 Å². The highest BCUT2D eigenvalue weighted by Crippen LogP contribution is 2.37. The molecule has 2 aliphatic rings. The predicted molar refractivity (Wildman–Crippen MR) is 108 cm³/mol. The van der Waals surface area contributed by atoms with Gasteiger partial charge in [-0.2, -0.15) is 0 Å². The minimum absolute atomic E-state index is 0.0791. The van der Waals surface area contributed by atoms with Crippen LogP contribution in [0.3, 0.4) is 0 Å². The highest BCUT2D eigenvalue weighted by Gasteiger charge is 2.45. The summed E-state index contributed by atoms with van der Waals surface area (Å²) in [7, 11) is 0. The summed E-state index contributed by atoms with van der Waals surface area (Å²) < 4.78 is 5.10. The Kier molecular flexibility index (Phi) is 6.56. The zero-order valence-electron chi connectivity index (χ0n) is 16.4. The first-order chi connectivity index (χ1) is 13.8. The molecule has 1 saturated carbocycles. The number of rotatable bonds is 5. The van der Waals surface area contributed by atoms with Gasteiger partial charge in [-0.15, -0.1) is 0 Å². The van der Waals surface area contributed by atoms with Crippen LogP contribution in [0.25, 0.3) is 0 Å². The number of nitro benzene ring substituents is 1. The number of hydrogen-bond acceptors (Lipinski definition) is 7. The largest absolute Gasteiger partial charge is 0.447 e. The van der Waals surface area contributed by atoms with Gasteiger partial charge in [-0.05, 0) is 30.9 Å². The lowest BCUT2D eigenvalue weighted by atomic mass is 9.87. The Morgan fingerprint density at radius 1 is 1.21 bits per heavy atom. The van der Waals surface area contributed by atoms with Crippen molar-refractivity contribution in [2.45, 2.75) is 50.8 Å². The maximum atomic E-state index is 13.2. The molecule has 2 fully saturated rings. The van der Waals surface area contributed by atoms with Crippen LogP contribution in [0.4, 0.5) is 10.5 Å². The van der Waals surface area contributed by atoms with Crippen LogP contribution < -0.4 is 0 Å². The Balaban J connectivity index is 1.73. The van der Waals surface area contributed by atoms with Crippen molar-refractivity contribution in [2.24, 2.45) is 11.8 Å². The molecule has 3 atom stereocenters. The van der Waals surface area contributed by atoms with E-state index in [1.807, 2.05) is 13.8 Å². The molecule has 2 amide bonds. The molecule has 0 radical (unpaired) electrons. The molecule has 3 rings (SSSR count). The number of cyclic esters (lactones) is 1. The highest BCUT2D eigenvalue weighted by atomic mass is 32.2. The van der Waals surface area contributed by atoms with Crippen molar-refractivity contribution < 1.29 is 24.0 Å². The maximum absolute atomic E-state index is 13.2. The average molecular weight is 420 g/mol. The fourth-order valence-corrected chi connectivity index (χ4v) is 5.05. The first-order valence-electron chi connectivity index (χ1n) is 9.75. The quantitative estimate of drug-likeness (QED) is 0.523. The van der Waals surface area contributed by atoms with Crippen molar-refractivity contribution in [3.8, 4) is 0 Å². The van der Waals surface area contributed by atoms with Crippen molar-refractivity contribution in [3.63, 3.8) is 0 Å². The van der Waals surface area contributed by atoms with Crippen LogP contribution in [-0.2, 0) is 9.53 Å². The molecule has 0 unspecified atom stereocenters. The van der Waals surface area contributed by atoms with Gasteiger partial charge in [0.1, 0.15) is 6.61 Å². The summed E-state index contributed by atoms with van der Waals surface area (Å²) in [5.74, 6) is -0.607. The zero-order chi connectivity index (χ0) is 21.1. The van der Waals surface area contributed by atoms with Crippen molar-refractivity contribution in [3.05, 3.63) is 39.9 Å². The van der Waals surface area contributed by atoms with E-state index in [2.05, 4.69) is 0 Å². The topological polar surface area (TPSA) is 107 Å². The normalized spacial score (nSPS) is 24.4. The Labute approximate surface area is 173 Å². The highest BCUT2D eigenvalue weighted by molar-refractivity contribution is 8.14. The van der Waals surface area contributed by atoms with Gasteiger partial charge in [-0.1, -0.05) is 38.5 Å². The molecule has 0 aromatic heterocycles. The maximum Gasteiger partial charge on any atom is 0.416 e. The minimum Gasteiger partial charge on any atom is -0.447 e. The number of benzene rings is 1. The number of amides is 2. The lowest BCUT2D eigenvalue weighted by molar-refractivity contribution is -0.384. The van der Waals surface area contributed by atoms with Gasteiger partial charge >= 0.3 is 6.09 Å². The first kappa shape index (κ1) is 21.3. The summed E-state index contributed by atoms with van der Waals surface area (Å²) in [5, 5.41) is 10.3. The minimum atomic E-state index is -0.607. The number of thioether (sulfide) groups is 1. The third-order valence-corrected chi connectivity index (χ3v) is 6.82. The van der Waals surface area contributed by atoms with E-state index < -0.39 is 16.9 Å². The van der Waals surface area contributed by atoms with E-state index >= 15 is 0 Å². The zero-order valence-corrected chi connectivity index (χ0v) is 17.2. The second kappa shape index (κ2) is 8.94. The molecule has 8 nitrogen and oxygen atoms in total. The van der Waals surface area contributed by atoms with Crippen LogP contribution in [0, 0.1) is 22.0 Å². The summed E-state index contributed by atoms with van der Waals surface area (Å²) in [6.07, 6.45) is 2.50. The monoisotopic (exact) mass is 420 g/mol. The van der Waals surface area contributed by atoms with Gasteiger partial charge in [0.25, 0.3) is 5.69 Å². The molecule has 1 heterocycles. The lowest BCUT2D eigenvalue weighted by Crippen LogP contribution is -2.47. The van der Waals surface area contributed by atoms with Gasteiger partial charge in [0.15, 0.2) is 0 Å². The Morgan fingerprint density at radius 3 is 2.48 bits per heavy atom. The van der Waals surface area contributed by atoms with E-state index in [9.17, 15) is 24.5 Å². The molecule has 1 aliphatic heterocycles. The Bertz CT molecular complexity index is 810. The summed E-state index contributed by atoms with van der Waals surface area (Å²) in [4.78, 5) is 49.6. The molecule has 1 aromatic carbocycles. The Hall–Kier alpha value is -2.42. The van der Waals surface area contributed by atoms with Crippen LogP contribution in [0.2, 0.25) is 0 Å². The van der Waals surface area contributed by atoms with Gasteiger partial charge < -0.3 is 4.74 Å². The molecule has 1 aromatic rings. The fourth-order valence-electron chi connectivity index (χ4n) is 3.80. The Morgan fingerprint density at radius 2 is 1.86 bits per heavy atom. The summed E-state index contributed by atoms with van der Waals surface area (Å²) >= 11 is 1.09. The van der Waals surface area contributed by atoms with Crippen LogP contribution >= 0.6 is 11.8 Å². The number of nitrogens with zero attached hydrogens (tertiary/aromatic N) is 2. The van der Waals surface area contributed by atoms with E-state index in [4.69, 9.17) is 4.74 Å². The van der Waals surface area contributed by atoms with Gasteiger partial charge in [-0.3, -0.25) is 19.7 Å². The van der Waals surface area contributed by atoms with Crippen LogP contribution in [0.1, 0.15) is 49.9 Å². The number of imide groups is 1. The second-order valence-corrected chi connectivity index (χ2v) is 8.95. The summed E-state index contributed by atoms with van der Waals surface area (Å²) in [6, 6.07) is 5.17. The number of ether oxygens (including phenoxy) is 1. The molecule has 0 bridgehead atoms. The van der Waals surface area contributed by atoms with Gasteiger partial charge in [0.2, 0.25) is 11.0 Å². The first-order valence-corrected chi connectivity index (χ1v) is 10.6. The SMILES string of the molecule is CC(C)[C@H]1COC(=O)N1C(=O)[C@@H]1CCCC[C@H]1SC(=O)c1ccc([N+](=O)[O-])cc1. The molecular formula is C20H24N2O6S. The lowest BCUT2D eigenvalue weighted by Gasteiger charge is -2.33. The predicted octanol–water partition coefficient (Wildman–Crippen LogP) is 4.03. The van der Waals surface area contributed by atoms with Gasteiger partial charge in [0, 0.05) is 22.9 Å². The van der Waals surface area contributed by atoms with E-state index in [1.54, 1.807) is 0 Å². The molecule has 1 aliphatic carbocycles. The molecule has 29 heavy (non-hydrogen) atoms. The van der Waals surface area contributed by atoms with Crippen molar-refractivity contribution in [1.29, 1.82) is 0 Å². The van der Waals surface area contributed by atoms with Crippen molar-refractivity contribution in [1.82, 2.24) is 4.90 Å². The third kappa shape index (κ3) is 4.60. The summed E-state index contributed by atoms with van der Waals surface area (Å²) in [6.45, 7) is 4.09. The van der Waals surface area contributed by atoms with E-state index in [-0.39, 0.29) is 40.5 Å². The standard InChI is InChI=1S/C20H24N2O6S/c1-12(2)16-11-28-20(25)21(16)18(23)15-5-3-4-6-17(15)29-19(24)13-7-9-14(10-8-13)22(26)27/h7-10,12,15-17H,3-6,11H2,1-2H3/t15-,16-,17-/m1/s1. The molecule has 0 N–H and O–H groups in total. The van der Waals surface area contributed by atoms with Gasteiger partial charge in [-0.25, -0.2) is 9.69 Å². The number of non-ortho nitro benzene ring substituents is 1. The van der Waals surface area contributed by atoms with E-state index in [0.29, 0.717) is 18.4 Å². The smallest absolute Gasteiger partial charge is 0.416 e. The van der Waals surface area contributed by atoms with Gasteiger partial charge in [0.05, 0.1) is 16.9 Å². The number of hydrogen-bond donors (Lipinski definition) is 0. The molecule has 1 saturated heterocycles. The average Bonchev–Trinajstić information content (AvgIpc) is 3.09. The van der Waals surface area contributed by atoms with Crippen molar-refractivity contribution in [2.75, 3.05) is 6.61 Å². The van der Waals surface area contributed by atoms with E-state index in [1.165, 1.54) is 29.2 Å². The molecule has 9 heteroatoms. The molecular weight excluding hydrogens is 396 g/mol. The van der Waals surface area contributed by atoms with Crippen LogP contribution in [0.15, 0.2) is 24.3 Å². The number of carbonyl (C=O) groups excluding carboxylic acids is 3. The third-order valence-electron chi connectivity index (χ3n) is 5.50. The van der Waals surface area contributed by atoms with Crippen molar-refractivity contribution >= 4 is 34.6 Å². The molecule has 0 spiro atoms. The number of nitro groups is 1. The molecule has 156 valence electrons. The van der Waals surface area contributed by atoms with E-state index in [0.717, 1.165) is 24.6 Å². The number of carbonyl (C=O) groups is 3. The van der Waals surface area contributed by atoms with Crippen LogP contribution in [0.5, 0.6) is 0 Å². The summed E-state index contributed by atoms with van der Waals surface area (Å²) in [5.41, 5.74) is 0.280.